The van der Waals surface area contributed by atoms with Crippen LogP contribution in [-0.4, -0.2) is 39.0 Å². The summed E-state index contributed by atoms with van der Waals surface area (Å²) >= 11 is 0. The molecule has 3 aromatic rings. The lowest BCUT2D eigenvalue weighted by molar-refractivity contribution is -0.157. The van der Waals surface area contributed by atoms with Crippen LogP contribution in [-0.2, 0) is 9.53 Å². The smallest absolute Gasteiger partial charge is 0.308 e. The Labute approximate surface area is 218 Å². The Kier molecular flexibility index (Phi) is 9.35. The van der Waals surface area contributed by atoms with Gasteiger partial charge in [-0.25, -0.2) is 4.39 Å². The molecule has 2 N–H and O–H groups in total. The van der Waals surface area contributed by atoms with E-state index in [1.54, 1.807) is 45.1 Å². The highest BCUT2D eigenvalue weighted by molar-refractivity contribution is 5.80. The van der Waals surface area contributed by atoms with Crippen molar-refractivity contribution in [1.29, 1.82) is 0 Å². The van der Waals surface area contributed by atoms with Crippen molar-refractivity contribution in [3.8, 4) is 22.4 Å². The van der Waals surface area contributed by atoms with E-state index in [4.69, 9.17) is 9.72 Å². The van der Waals surface area contributed by atoms with Gasteiger partial charge in [0, 0.05) is 17.5 Å². The Hall–Kier alpha value is -3.35. The second kappa shape index (κ2) is 12.3. The predicted molar refractivity (Wildman–Crippen MR) is 145 cm³/mol. The van der Waals surface area contributed by atoms with Crippen LogP contribution in [0.3, 0.4) is 0 Å². The summed E-state index contributed by atoms with van der Waals surface area (Å²) in [5.41, 5.74) is 4.44. The van der Waals surface area contributed by atoms with Crippen molar-refractivity contribution in [2.24, 2.45) is 0 Å². The molecule has 0 aliphatic heterocycles. The zero-order valence-electron chi connectivity index (χ0n) is 22.1. The predicted octanol–water partition coefficient (Wildman–Crippen LogP) is 6.54. The maximum absolute atomic E-state index is 13.7. The number of pyridine rings is 1. The zero-order valence-corrected chi connectivity index (χ0v) is 22.1. The van der Waals surface area contributed by atoms with Gasteiger partial charge in [-0.3, -0.25) is 9.78 Å². The minimum atomic E-state index is -1.05. The number of benzene rings is 2. The van der Waals surface area contributed by atoms with Crippen molar-refractivity contribution in [1.82, 2.24) is 4.98 Å². The molecule has 0 saturated heterocycles. The van der Waals surface area contributed by atoms with Gasteiger partial charge in [-0.15, -0.1) is 0 Å². The number of hydrogen-bond acceptors (Lipinski definition) is 5. The third kappa shape index (κ3) is 8.34. The standard InChI is InChI=1S/C31H36FNO4/c1-20(2)30-26(16-15-24(34)17-25(35)18-29(36)37-31(3,4)5)27(21-11-13-23(32)14-12-21)19-28(33-30)22-9-7-6-8-10-22/h6-16,19-20,24-25,34-35H,17-18H2,1-5H3/b16-15+/t24-,25-/m1/s1. The third-order valence-corrected chi connectivity index (χ3v) is 5.68. The molecule has 0 unspecified atom stereocenters. The lowest BCUT2D eigenvalue weighted by atomic mass is 9.92. The third-order valence-electron chi connectivity index (χ3n) is 5.68. The van der Waals surface area contributed by atoms with E-state index < -0.39 is 23.8 Å². The molecule has 0 aliphatic carbocycles. The highest BCUT2D eigenvalue weighted by Gasteiger charge is 2.21. The first-order valence-corrected chi connectivity index (χ1v) is 12.6. The molecule has 1 heterocycles. The maximum atomic E-state index is 13.7. The first-order valence-electron chi connectivity index (χ1n) is 12.6. The van der Waals surface area contributed by atoms with Gasteiger partial charge in [-0.05, 0) is 56.0 Å². The first-order chi connectivity index (χ1) is 17.4. The van der Waals surface area contributed by atoms with Crippen LogP contribution in [0.25, 0.3) is 28.5 Å². The van der Waals surface area contributed by atoms with Crippen molar-refractivity contribution < 1.29 is 24.1 Å². The zero-order chi connectivity index (χ0) is 27.2. The molecule has 1 aromatic heterocycles. The van der Waals surface area contributed by atoms with Gasteiger partial charge in [0.15, 0.2) is 0 Å². The Morgan fingerprint density at radius 2 is 1.68 bits per heavy atom. The highest BCUT2D eigenvalue weighted by Crippen LogP contribution is 2.34. The lowest BCUT2D eigenvalue weighted by Gasteiger charge is -2.21. The Bertz CT molecular complexity index is 1210. The number of aromatic nitrogens is 1. The van der Waals surface area contributed by atoms with E-state index in [-0.39, 0.29) is 24.6 Å². The molecular weight excluding hydrogens is 469 g/mol. The van der Waals surface area contributed by atoms with Crippen LogP contribution in [0.1, 0.15) is 64.6 Å². The molecule has 0 spiro atoms. The minimum Gasteiger partial charge on any atom is -0.460 e. The van der Waals surface area contributed by atoms with Gasteiger partial charge in [-0.2, -0.15) is 0 Å². The molecule has 0 bridgehead atoms. The summed E-state index contributed by atoms with van der Waals surface area (Å²) in [6, 6.07) is 18.1. The van der Waals surface area contributed by atoms with E-state index in [1.807, 2.05) is 50.2 Å². The molecular formula is C31H36FNO4. The summed E-state index contributed by atoms with van der Waals surface area (Å²) in [7, 11) is 0. The average Bonchev–Trinajstić information content (AvgIpc) is 2.82. The van der Waals surface area contributed by atoms with E-state index in [1.165, 1.54) is 12.1 Å². The number of aliphatic hydroxyl groups is 2. The van der Waals surface area contributed by atoms with Crippen LogP contribution >= 0.6 is 0 Å². The Morgan fingerprint density at radius 3 is 2.27 bits per heavy atom. The topological polar surface area (TPSA) is 79.7 Å². The Morgan fingerprint density at radius 1 is 1.03 bits per heavy atom. The average molecular weight is 506 g/mol. The van der Waals surface area contributed by atoms with Gasteiger partial charge >= 0.3 is 5.97 Å². The summed E-state index contributed by atoms with van der Waals surface area (Å²) in [5, 5.41) is 20.9. The lowest BCUT2D eigenvalue weighted by Crippen LogP contribution is -2.27. The number of aliphatic hydroxyl groups excluding tert-OH is 2. The number of carbonyl (C=O) groups excluding carboxylic acids is 1. The van der Waals surface area contributed by atoms with E-state index >= 15 is 0 Å². The quantitative estimate of drug-likeness (QED) is 0.323. The van der Waals surface area contributed by atoms with Gasteiger partial charge < -0.3 is 14.9 Å². The van der Waals surface area contributed by atoms with E-state index in [0.717, 1.165) is 33.6 Å². The molecule has 0 amide bonds. The highest BCUT2D eigenvalue weighted by atomic mass is 19.1. The number of carbonyl (C=O) groups is 1. The van der Waals surface area contributed by atoms with Gasteiger partial charge in [0.05, 0.1) is 30.0 Å². The van der Waals surface area contributed by atoms with E-state index in [9.17, 15) is 19.4 Å². The molecule has 37 heavy (non-hydrogen) atoms. The molecule has 2 atom stereocenters. The van der Waals surface area contributed by atoms with Crippen LogP contribution in [0.2, 0.25) is 0 Å². The van der Waals surface area contributed by atoms with Gasteiger partial charge in [0.2, 0.25) is 0 Å². The normalized spacial score (nSPS) is 13.6. The summed E-state index contributed by atoms with van der Waals surface area (Å²) in [4.78, 5) is 16.9. The second-order valence-corrected chi connectivity index (χ2v) is 10.5. The number of esters is 1. The number of halogens is 1. The van der Waals surface area contributed by atoms with Crippen molar-refractivity contribution in [3.63, 3.8) is 0 Å². The second-order valence-electron chi connectivity index (χ2n) is 10.5. The molecule has 3 rings (SSSR count). The molecule has 5 nitrogen and oxygen atoms in total. The van der Waals surface area contributed by atoms with Gasteiger partial charge in [0.1, 0.15) is 11.4 Å². The van der Waals surface area contributed by atoms with Crippen LogP contribution < -0.4 is 0 Å². The van der Waals surface area contributed by atoms with E-state index in [2.05, 4.69) is 0 Å². The van der Waals surface area contributed by atoms with Gasteiger partial charge in [0.25, 0.3) is 0 Å². The van der Waals surface area contributed by atoms with Crippen molar-refractivity contribution in [2.45, 2.75) is 71.2 Å². The number of nitrogens with zero attached hydrogens (tertiary/aromatic N) is 1. The van der Waals surface area contributed by atoms with Crippen LogP contribution in [0.5, 0.6) is 0 Å². The van der Waals surface area contributed by atoms with Crippen molar-refractivity contribution in [2.75, 3.05) is 0 Å². The summed E-state index contributed by atoms with van der Waals surface area (Å²) in [6.07, 6.45) is 1.13. The van der Waals surface area contributed by atoms with Crippen molar-refractivity contribution in [3.05, 3.63) is 83.8 Å². The molecule has 0 fully saturated rings. The SMILES string of the molecule is CC(C)c1nc(-c2ccccc2)cc(-c2ccc(F)cc2)c1/C=C/[C@@H](O)C[C@@H](O)CC(=O)OC(C)(C)C. The fraction of sp³-hybridized carbons (Fsp3) is 0.355. The summed E-state index contributed by atoms with van der Waals surface area (Å²) in [6.45, 7) is 9.37. The Balaban J connectivity index is 1.94. The summed E-state index contributed by atoms with van der Waals surface area (Å²) in [5.74, 6) is -0.772. The minimum absolute atomic E-state index is 0.0197. The molecule has 0 saturated carbocycles. The van der Waals surface area contributed by atoms with E-state index in [0.29, 0.717) is 0 Å². The van der Waals surface area contributed by atoms with Crippen molar-refractivity contribution >= 4 is 12.0 Å². The molecule has 0 radical (unpaired) electrons. The summed E-state index contributed by atoms with van der Waals surface area (Å²) < 4.78 is 18.9. The number of hydrogen-bond donors (Lipinski definition) is 2. The largest absolute Gasteiger partial charge is 0.460 e. The molecule has 2 aromatic carbocycles. The molecule has 6 heteroatoms. The first kappa shape index (κ1) is 28.2. The molecule has 0 aliphatic rings. The van der Waals surface area contributed by atoms with Crippen LogP contribution in [0.15, 0.2) is 66.7 Å². The number of rotatable bonds is 9. The fourth-order valence-corrected chi connectivity index (χ4v) is 4.04. The fourth-order valence-electron chi connectivity index (χ4n) is 4.04. The van der Waals surface area contributed by atoms with Gasteiger partial charge in [-0.1, -0.05) is 68.5 Å². The monoisotopic (exact) mass is 505 g/mol. The van der Waals surface area contributed by atoms with Crippen LogP contribution in [0, 0.1) is 5.82 Å². The number of ether oxygens (including phenoxy) is 1. The molecule has 196 valence electrons. The maximum Gasteiger partial charge on any atom is 0.308 e. The van der Waals surface area contributed by atoms with Crippen LogP contribution in [0.4, 0.5) is 4.39 Å².